The molecule has 0 saturated carbocycles. The number of anilines is 1. The highest BCUT2D eigenvalue weighted by Gasteiger charge is 2.23. The number of hydrogen-bond donors (Lipinski definition) is 0. The van der Waals surface area contributed by atoms with E-state index < -0.39 is 0 Å². The van der Waals surface area contributed by atoms with E-state index >= 15 is 0 Å². The molecule has 1 saturated heterocycles. The Balaban J connectivity index is 1.48. The molecule has 6 rings (SSSR count). The van der Waals surface area contributed by atoms with Crippen molar-refractivity contribution in [3.63, 3.8) is 0 Å². The summed E-state index contributed by atoms with van der Waals surface area (Å²) in [4.78, 5) is 24.9. The van der Waals surface area contributed by atoms with Crippen LogP contribution in [0.4, 0.5) is 5.82 Å². The Bertz CT molecular complexity index is 1630. The Hall–Kier alpha value is -3.98. The molecule has 1 aliphatic heterocycles. The molecular weight excluding hydrogens is 442 g/mol. The minimum atomic E-state index is -0.123. The summed E-state index contributed by atoms with van der Waals surface area (Å²) < 4.78 is 10.6. The van der Waals surface area contributed by atoms with Crippen LogP contribution < -0.4 is 10.6 Å². The van der Waals surface area contributed by atoms with E-state index in [1.165, 1.54) is 0 Å². The lowest BCUT2D eigenvalue weighted by molar-refractivity contribution is 0.121. The van der Waals surface area contributed by atoms with E-state index in [2.05, 4.69) is 39.2 Å². The first-order chi connectivity index (χ1) is 16.9. The molecule has 5 aromatic rings. The summed E-state index contributed by atoms with van der Waals surface area (Å²) in [6.07, 6.45) is 6.83. The van der Waals surface area contributed by atoms with Crippen molar-refractivity contribution in [2.75, 3.05) is 25.1 Å². The molecular formula is C26H27N7O2. The quantitative estimate of drug-likeness (QED) is 0.402. The second-order valence-corrected chi connectivity index (χ2v) is 9.17. The number of aryl methyl sites for hydroxylation is 3. The largest absolute Gasteiger partial charge is 0.380 e. The molecule has 1 unspecified atom stereocenters. The molecule has 4 aromatic heterocycles. The highest BCUT2D eigenvalue weighted by Crippen LogP contribution is 2.31. The summed E-state index contributed by atoms with van der Waals surface area (Å²) in [5.74, 6) is 0.960. The van der Waals surface area contributed by atoms with Crippen molar-refractivity contribution in [1.29, 1.82) is 0 Å². The van der Waals surface area contributed by atoms with Gasteiger partial charge in [0.05, 0.1) is 40.2 Å². The summed E-state index contributed by atoms with van der Waals surface area (Å²) in [5, 5.41) is 5.36. The van der Waals surface area contributed by atoms with Gasteiger partial charge in [0.25, 0.3) is 0 Å². The van der Waals surface area contributed by atoms with Gasteiger partial charge in [-0.1, -0.05) is 6.07 Å². The van der Waals surface area contributed by atoms with Crippen molar-refractivity contribution in [1.82, 2.24) is 28.9 Å². The van der Waals surface area contributed by atoms with Gasteiger partial charge in [-0.25, -0.2) is 9.78 Å². The van der Waals surface area contributed by atoms with E-state index in [9.17, 15) is 4.79 Å². The molecule has 1 fully saturated rings. The third-order valence-electron chi connectivity index (χ3n) is 7.00. The van der Waals surface area contributed by atoms with Crippen molar-refractivity contribution in [3.8, 4) is 16.8 Å². The number of imidazole rings is 1. The van der Waals surface area contributed by atoms with E-state index in [1.807, 2.05) is 32.4 Å². The number of methoxy groups -OCH3 is 1. The Morgan fingerprint density at radius 3 is 2.57 bits per heavy atom. The zero-order valence-electron chi connectivity index (χ0n) is 20.3. The van der Waals surface area contributed by atoms with Gasteiger partial charge in [-0.2, -0.15) is 5.10 Å². The molecule has 35 heavy (non-hydrogen) atoms. The van der Waals surface area contributed by atoms with Gasteiger partial charge in [-0.05, 0) is 43.2 Å². The highest BCUT2D eigenvalue weighted by molar-refractivity contribution is 6.04. The molecule has 9 heteroatoms. The number of ether oxygens (including phenoxy) is 1. The fourth-order valence-corrected chi connectivity index (χ4v) is 5.08. The SMILES string of the molecule is COC1CCN(c2ccc(-c3ccc4ncc5c(c4c3)n(-c3cn(C)nc3C)c(=O)n5C)cn2)C1. The van der Waals surface area contributed by atoms with Crippen molar-refractivity contribution in [3.05, 3.63) is 65.1 Å². The van der Waals surface area contributed by atoms with Gasteiger partial charge in [-0.15, -0.1) is 0 Å². The second-order valence-electron chi connectivity index (χ2n) is 9.17. The molecule has 9 nitrogen and oxygen atoms in total. The average Bonchev–Trinajstić information content (AvgIpc) is 3.55. The van der Waals surface area contributed by atoms with E-state index in [4.69, 9.17) is 9.72 Å². The molecule has 1 aliphatic rings. The van der Waals surface area contributed by atoms with Crippen LogP contribution in [-0.4, -0.2) is 55.2 Å². The molecule has 0 N–H and O–H groups in total. The summed E-state index contributed by atoms with van der Waals surface area (Å²) in [6.45, 7) is 3.73. The number of benzene rings is 1. The number of aromatic nitrogens is 6. The molecule has 178 valence electrons. The van der Waals surface area contributed by atoms with Crippen molar-refractivity contribution < 1.29 is 4.74 Å². The fraction of sp³-hybridized carbons (Fsp3) is 0.308. The molecule has 0 spiro atoms. The van der Waals surface area contributed by atoms with Crippen LogP contribution in [0, 0.1) is 6.92 Å². The van der Waals surface area contributed by atoms with Gasteiger partial charge in [-0.3, -0.25) is 18.8 Å². The lowest BCUT2D eigenvalue weighted by Gasteiger charge is -2.17. The van der Waals surface area contributed by atoms with Crippen LogP contribution in [0.2, 0.25) is 0 Å². The van der Waals surface area contributed by atoms with E-state index in [-0.39, 0.29) is 11.8 Å². The summed E-state index contributed by atoms with van der Waals surface area (Å²) >= 11 is 0. The molecule has 0 aliphatic carbocycles. The van der Waals surface area contributed by atoms with Gasteiger partial charge in [0.2, 0.25) is 0 Å². The van der Waals surface area contributed by atoms with Crippen LogP contribution in [0.15, 0.2) is 53.7 Å². The van der Waals surface area contributed by atoms with Crippen LogP contribution in [0.1, 0.15) is 12.1 Å². The number of pyridine rings is 2. The first kappa shape index (κ1) is 21.5. The van der Waals surface area contributed by atoms with Gasteiger partial charge in [0.1, 0.15) is 5.82 Å². The van der Waals surface area contributed by atoms with Crippen LogP contribution in [0.3, 0.4) is 0 Å². The van der Waals surface area contributed by atoms with E-state index in [0.717, 1.165) is 69.8 Å². The summed E-state index contributed by atoms with van der Waals surface area (Å²) in [7, 11) is 5.40. The van der Waals surface area contributed by atoms with E-state index in [1.54, 1.807) is 34.2 Å². The number of fused-ring (bicyclic) bond motifs is 3. The van der Waals surface area contributed by atoms with Gasteiger partial charge in [0.15, 0.2) is 0 Å². The molecule has 0 radical (unpaired) electrons. The fourth-order valence-electron chi connectivity index (χ4n) is 5.08. The van der Waals surface area contributed by atoms with Gasteiger partial charge < -0.3 is 9.64 Å². The number of nitrogens with zero attached hydrogens (tertiary/aromatic N) is 7. The molecule has 1 atom stereocenters. The molecule has 0 bridgehead atoms. The highest BCUT2D eigenvalue weighted by atomic mass is 16.5. The standard InChI is InChI=1S/C26H27N7O2/c1-16-23(15-30(2)29-16)33-25-20-11-17(5-7-21(20)27-13-22(25)31(3)26(33)34)18-6-8-24(28-12-18)32-10-9-19(14-32)35-4/h5-8,11-13,15,19H,9-10,14H2,1-4H3. The maximum absolute atomic E-state index is 13.3. The maximum Gasteiger partial charge on any atom is 0.333 e. The molecule has 5 heterocycles. The zero-order chi connectivity index (χ0) is 24.3. The molecule has 1 aromatic carbocycles. The normalized spacial score (nSPS) is 16.1. The summed E-state index contributed by atoms with van der Waals surface area (Å²) in [6, 6.07) is 10.3. The van der Waals surface area contributed by atoms with Crippen molar-refractivity contribution in [2.24, 2.45) is 14.1 Å². The van der Waals surface area contributed by atoms with Gasteiger partial charge in [0, 0.05) is 57.6 Å². The number of hydrogen-bond acceptors (Lipinski definition) is 6. The first-order valence-electron chi connectivity index (χ1n) is 11.7. The summed E-state index contributed by atoms with van der Waals surface area (Å²) in [5.41, 5.74) is 5.90. The maximum atomic E-state index is 13.3. The lowest BCUT2D eigenvalue weighted by atomic mass is 10.0. The van der Waals surface area contributed by atoms with E-state index in [0.29, 0.717) is 0 Å². The predicted octanol–water partition coefficient (Wildman–Crippen LogP) is 3.21. The third-order valence-corrected chi connectivity index (χ3v) is 7.00. The van der Waals surface area contributed by atoms with Crippen molar-refractivity contribution in [2.45, 2.75) is 19.4 Å². The third kappa shape index (κ3) is 3.42. The Kier molecular flexibility index (Phi) is 4.96. The van der Waals surface area contributed by atoms with Crippen LogP contribution >= 0.6 is 0 Å². The van der Waals surface area contributed by atoms with Crippen LogP contribution in [0.5, 0.6) is 0 Å². The monoisotopic (exact) mass is 469 g/mol. The minimum Gasteiger partial charge on any atom is -0.380 e. The van der Waals surface area contributed by atoms with Crippen LogP contribution in [-0.2, 0) is 18.8 Å². The second kappa shape index (κ2) is 8.06. The van der Waals surface area contributed by atoms with Crippen molar-refractivity contribution >= 4 is 27.8 Å². The average molecular weight is 470 g/mol. The number of rotatable bonds is 4. The minimum absolute atomic E-state index is 0.123. The molecule has 0 amide bonds. The first-order valence-corrected chi connectivity index (χ1v) is 11.7. The lowest BCUT2D eigenvalue weighted by Crippen LogP contribution is -2.22. The Morgan fingerprint density at radius 2 is 1.89 bits per heavy atom. The Morgan fingerprint density at radius 1 is 1.06 bits per heavy atom. The van der Waals surface area contributed by atoms with Crippen LogP contribution in [0.25, 0.3) is 38.8 Å². The topological polar surface area (TPSA) is 83.0 Å². The smallest absolute Gasteiger partial charge is 0.333 e. The van der Waals surface area contributed by atoms with Gasteiger partial charge >= 0.3 is 5.69 Å². The predicted molar refractivity (Wildman–Crippen MR) is 136 cm³/mol. The zero-order valence-corrected chi connectivity index (χ0v) is 20.3. The Labute approximate surface area is 202 Å².